The van der Waals surface area contributed by atoms with Crippen molar-refractivity contribution in [1.29, 1.82) is 5.26 Å². The summed E-state index contributed by atoms with van der Waals surface area (Å²) < 4.78 is 10.1. The molecule has 0 fully saturated rings. The van der Waals surface area contributed by atoms with Gasteiger partial charge in [-0.05, 0) is 26.7 Å². The minimum absolute atomic E-state index is 0.268. The fourth-order valence-corrected chi connectivity index (χ4v) is 1.46. The van der Waals surface area contributed by atoms with Crippen LogP contribution in [0.2, 0.25) is 0 Å². The van der Waals surface area contributed by atoms with E-state index in [0.717, 1.165) is 25.7 Å². The molecular formula is C15H25NO4. The Morgan fingerprint density at radius 3 is 2.10 bits per heavy atom. The van der Waals surface area contributed by atoms with Crippen molar-refractivity contribution in [3.05, 3.63) is 0 Å². The number of esters is 2. The zero-order valence-corrected chi connectivity index (χ0v) is 12.9. The molecule has 0 rings (SSSR count). The summed E-state index contributed by atoms with van der Waals surface area (Å²) in [4.78, 5) is 23.9. The molecule has 5 nitrogen and oxygen atoms in total. The molecule has 0 N–H and O–H groups in total. The zero-order chi connectivity index (χ0) is 15.6. The van der Waals surface area contributed by atoms with E-state index >= 15 is 0 Å². The highest BCUT2D eigenvalue weighted by Gasteiger charge is 2.45. The average Bonchev–Trinajstić information content (AvgIpc) is 2.45. The first-order valence-corrected chi connectivity index (χ1v) is 7.19. The first kappa shape index (κ1) is 18.4. The monoisotopic (exact) mass is 283 g/mol. The number of carbonyl (C=O) groups excluding carboxylic acids is 2. The maximum absolute atomic E-state index is 12.0. The molecule has 0 bridgehead atoms. The number of hydrogen-bond donors (Lipinski definition) is 0. The first-order valence-electron chi connectivity index (χ1n) is 7.19. The van der Waals surface area contributed by atoms with Gasteiger partial charge in [0.15, 0.2) is 5.41 Å². The lowest BCUT2D eigenvalue weighted by molar-refractivity contribution is -0.164. The fraction of sp³-hybridized carbons (Fsp3) is 0.800. The molecule has 114 valence electrons. The van der Waals surface area contributed by atoms with E-state index in [0.29, 0.717) is 6.61 Å². The van der Waals surface area contributed by atoms with Gasteiger partial charge in [-0.3, -0.25) is 9.59 Å². The largest absolute Gasteiger partial charge is 0.465 e. The molecule has 20 heavy (non-hydrogen) atoms. The molecule has 0 aromatic heterocycles. The predicted octanol–water partition coefficient (Wildman–Crippen LogP) is 2.84. The minimum atomic E-state index is -1.50. The second-order valence-electron chi connectivity index (χ2n) is 5.05. The van der Waals surface area contributed by atoms with Crippen LogP contribution in [0.25, 0.3) is 0 Å². The average molecular weight is 283 g/mol. The highest BCUT2D eigenvalue weighted by atomic mass is 16.5. The summed E-state index contributed by atoms with van der Waals surface area (Å²) >= 11 is 0. The number of unbranched alkanes of at least 4 members (excludes halogenated alkanes) is 2. The van der Waals surface area contributed by atoms with Crippen LogP contribution in [0.5, 0.6) is 0 Å². The van der Waals surface area contributed by atoms with E-state index < -0.39 is 23.3 Å². The number of rotatable bonds is 9. The normalized spacial score (nSPS) is 14.8. The SMILES string of the molecule is CCCCOC(=O)C(C)C(C)(C#N)C(=O)OCCCC. The zero-order valence-electron chi connectivity index (χ0n) is 12.9. The molecule has 0 saturated heterocycles. The minimum Gasteiger partial charge on any atom is -0.465 e. The van der Waals surface area contributed by atoms with Gasteiger partial charge in [-0.15, -0.1) is 0 Å². The molecule has 0 saturated carbocycles. The van der Waals surface area contributed by atoms with Crippen LogP contribution in [-0.4, -0.2) is 25.2 Å². The molecule has 0 radical (unpaired) electrons. The van der Waals surface area contributed by atoms with E-state index in [1.807, 2.05) is 19.9 Å². The lowest BCUT2D eigenvalue weighted by Gasteiger charge is -2.25. The number of nitriles is 1. The number of carbonyl (C=O) groups is 2. The summed E-state index contributed by atoms with van der Waals surface area (Å²) in [5.41, 5.74) is -1.50. The molecule has 0 aromatic rings. The Morgan fingerprint density at radius 2 is 1.65 bits per heavy atom. The maximum Gasteiger partial charge on any atom is 0.327 e. The predicted molar refractivity (Wildman–Crippen MR) is 74.6 cm³/mol. The van der Waals surface area contributed by atoms with E-state index in [-0.39, 0.29) is 6.61 Å². The Balaban J connectivity index is 4.64. The number of nitrogens with zero attached hydrogens (tertiary/aromatic N) is 1. The molecule has 2 atom stereocenters. The molecule has 0 aliphatic rings. The van der Waals surface area contributed by atoms with Crippen LogP contribution in [0.15, 0.2) is 0 Å². The van der Waals surface area contributed by atoms with Crippen molar-refractivity contribution in [2.75, 3.05) is 13.2 Å². The highest BCUT2D eigenvalue weighted by Crippen LogP contribution is 2.29. The van der Waals surface area contributed by atoms with Crippen LogP contribution in [0, 0.1) is 22.7 Å². The van der Waals surface area contributed by atoms with Crippen molar-refractivity contribution in [2.24, 2.45) is 11.3 Å². The summed E-state index contributed by atoms with van der Waals surface area (Å²) in [5.74, 6) is -2.04. The maximum atomic E-state index is 12.0. The van der Waals surface area contributed by atoms with Crippen molar-refractivity contribution in [3.63, 3.8) is 0 Å². The summed E-state index contributed by atoms with van der Waals surface area (Å²) in [6, 6.07) is 1.90. The summed E-state index contributed by atoms with van der Waals surface area (Å²) in [6.07, 6.45) is 3.31. The lowest BCUT2D eigenvalue weighted by atomic mass is 9.79. The summed E-state index contributed by atoms with van der Waals surface area (Å²) in [6.45, 7) is 7.49. The van der Waals surface area contributed by atoms with Crippen molar-refractivity contribution < 1.29 is 19.1 Å². The highest BCUT2D eigenvalue weighted by molar-refractivity contribution is 5.87. The molecule has 0 aromatic carbocycles. The van der Waals surface area contributed by atoms with Gasteiger partial charge in [-0.25, -0.2) is 0 Å². The van der Waals surface area contributed by atoms with E-state index in [1.165, 1.54) is 13.8 Å². The molecule has 0 aliphatic carbocycles. The van der Waals surface area contributed by atoms with Gasteiger partial charge in [0.2, 0.25) is 0 Å². The van der Waals surface area contributed by atoms with Crippen LogP contribution >= 0.6 is 0 Å². The lowest BCUT2D eigenvalue weighted by Crippen LogP contribution is -2.39. The van der Waals surface area contributed by atoms with Gasteiger partial charge < -0.3 is 9.47 Å². The Bertz CT molecular complexity index is 361. The molecule has 0 aliphatic heterocycles. The van der Waals surface area contributed by atoms with Gasteiger partial charge >= 0.3 is 11.9 Å². The molecular weight excluding hydrogens is 258 g/mol. The summed E-state index contributed by atoms with van der Waals surface area (Å²) in [7, 11) is 0. The van der Waals surface area contributed by atoms with Crippen LogP contribution in [0.1, 0.15) is 53.4 Å². The van der Waals surface area contributed by atoms with Gasteiger partial charge in [0.25, 0.3) is 0 Å². The molecule has 5 heteroatoms. The van der Waals surface area contributed by atoms with Crippen LogP contribution in [0.3, 0.4) is 0 Å². The molecule has 2 unspecified atom stereocenters. The van der Waals surface area contributed by atoms with Gasteiger partial charge in [0, 0.05) is 0 Å². The standard InChI is InChI=1S/C15H25NO4/c1-5-7-9-19-13(17)12(3)15(4,11-16)14(18)20-10-8-6-2/h12H,5-10H2,1-4H3. The van der Waals surface area contributed by atoms with Crippen molar-refractivity contribution in [3.8, 4) is 6.07 Å². The second kappa shape index (κ2) is 9.35. The van der Waals surface area contributed by atoms with Gasteiger partial charge in [-0.2, -0.15) is 5.26 Å². The quantitative estimate of drug-likeness (QED) is 0.480. The third-order valence-corrected chi connectivity index (χ3v) is 3.35. The first-order chi connectivity index (χ1) is 9.43. The van der Waals surface area contributed by atoms with E-state index in [2.05, 4.69) is 0 Å². The van der Waals surface area contributed by atoms with Crippen LogP contribution in [-0.2, 0) is 19.1 Å². The van der Waals surface area contributed by atoms with E-state index in [4.69, 9.17) is 9.47 Å². The Hall–Kier alpha value is -1.57. The molecule has 0 spiro atoms. The van der Waals surface area contributed by atoms with Crippen molar-refractivity contribution in [1.82, 2.24) is 0 Å². The van der Waals surface area contributed by atoms with E-state index in [9.17, 15) is 14.9 Å². The second-order valence-corrected chi connectivity index (χ2v) is 5.05. The number of ether oxygens (including phenoxy) is 2. The van der Waals surface area contributed by atoms with Crippen molar-refractivity contribution >= 4 is 11.9 Å². The third-order valence-electron chi connectivity index (χ3n) is 3.35. The topological polar surface area (TPSA) is 76.4 Å². The Morgan fingerprint density at radius 1 is 1.15 bits per heavy atom. The summed E-state index contributed by atoms with van der Waals surface area (Å²) in [5, 5.41) is 9.24. The van der Waals surface area contributed by atoms with Gasteiger partial charge in [0.1, 0.15) is 0 Å². The van der Waals surface area contributed by atoms with Crippen molar-refractivity contribution in [2.45, 2.75) is 53.4 Å². The number of hydrogen-bond acceptors (Lipinski definition) is 5. The fourth-order valence-electron chi connectivity index (χ4n) is 1.46. The Kier molecular flexibility index (Phi) is 8.62. The van der Waals surface area contributed by atoms with Gasteiger partial charge in [0.05, 0.1) is 25.2 Å². The van der Waals surface area contributed by atoms with E-state index in [1.54, 1.807) is 0 Å². The third kappa shape index (κ3) is 5.20. The van der Waals surface area contributed by atoms with Gasteiger partial charge in [-0.1, -0.05) is 26.7 Å². The Labute approximate surface area is 121 Å². The molecule has 0 heterocycles. The molecule has 0 amide bonds. The van der Waals surface area contributed by atoms with Crippen LogP contribution in [0.4, 0.5) is 0 Å². The van der Waals surface area contributed by atoms with Crippen LogP contribution < -0.4 is 0 Å². The smallest absolute Gasteiger partial charge is 0.327 e.